The van der Waals surface area contributed by atoms with Crippen LogP contribution < -0.4 is 10.6 Å². The van der Waals surface area contributed by atoms with Gasteiger partial charge in [-0.05, 0) is 43.7 Å². The van der Waals surface area contributed by atoms with Crippen LogP contribution in [0.5, 0.6) is 0 Å². The van der Waals surface area contributed by atoms with Crippen LogP contribution >= 0.6 is 11.8 Å². The Balaban J connectivity index is 1.84. The third-order valence-corrected chi connectivity index (χ3v) is 7.65. The molecule has 4 atom stereocenters. The lowest BCUT2D eigenvalue weighted by Gasteiger charge is -2.32. The highest BCUT2D eigenvalue weighted by Crippen LogP contribution is 2.56. The lowest BCUT2D eigenvalue weighted by atomic mass is 9.97. The summed E-state index contributed by atoms with van der Waals surface area (Å²) in [5.41, 5.74) is 1.49. The fraction of sp³-hybridized carbons (Fsp3) is 0.583. The summed E-state index contributed by atoms with van der Waals surface area (Å²) < 4.78 is -0.571. The molecule has 2 aliphatic rings. The number of carbonyl (C=O) groups excluding carboxylic acids is 3. The van der Waals surface area contributed by atoms with Crippen molar-refractivity contribution < 1.29 is 24.3 Å². The predicted octanol–water partition coefficient (Wildman–Crippen LogP) is 2.79. The van der Waals surface area contributed by atoms with E-state index >= 15 is 0 Å². The maximum atomic E-state index is 13.5. The number of carbonyl (C=O) groups is 4. The monoisotopic (exact) mass is 475 g/mol. The Hall–Kier alpha value is -2.55. The van der Waals surface area contributed by atoms with Crippen LogP contribution in [-0.4, -0.2) is 56.6 Å². The van der Waals surface area contributed by atoms with Gasteiger partial charge in [-0.1, -0.05) is 45.9 Å². The van der Waals surface area contributed by atoms with Crippen molar-refractivity contribution in [1.82, 2.24) is 15.5 Å². The molecule has 0 saturated carbocycles. The minimum absolute atomic E-state index is 0.0831. The van der Waals surface area contributed by atoms with Crippen molar-refractivity contribution >= 4 is 35.5 Å². The average Bonchev–Trinajstić information content (AvgIpc) is 3.14. The van der Waals surface area contributed by atoms with Gasteiger partial charge in [0.05, 0.1) is 0 Å². The predicted molar refractivity (Wildman–Crippen MR) is 127 cm³/mol. The van der Waals surface area contributed by atoms with Crippen molar-refractivity contribution in [2.75, 3.05) is 0 Å². The summed E-state index contributed by atoms with van der Waals surface area (Å²) in [4.78, 5) is 52.9. The first-order valence-electron chi connectivity index (χ1n) is 11.3. The Kier molecular flexibility index (Phi) is 7.12. The van der Waals surface area contributed by atoms with E-state index in [9.17, 15) is 24.3 Å². The second-order valence-electron chi connectivity index (χ2n) is 10.0. The molecule has 1 fully saturated rings. The zero-order valence-corrected chi connectivity index (χ0v) is 20.7. The van der Waals surface area contributed by atoms with E-state index in [0.717, 1.165) is 5.56 Å². The van der Waals surface area contributed by atoms with E-state index in [-0.39, 0.29) is 23.1 Å². The molecular formula is C24H33N3O5S. The largest absolute Gasteiger partial charge is 0.480 e. The molecule has 9 heteroatoms. The van der Waals surface area contributed by atoms with Crippen LogP contribution in [0.4, 0.5) is 0 Å². The number of nitrogens with zero attached hydrogens (tertiary/aromatic N) is 1. The number of thioether (sulfide) groups is 1. The Labute approximate surface area is 198 Å². The van der Waals surface area contributed by atoms with Crippen LogP contribution in [0, 0.1) is 11.8 Å². The summed E-state index contributed by atoms with van der Waals surface area (Å²) in [6.07, 6.45) is 0.347. The molecule has 33 heavy (non-hydrogen) atoms. The highest BCUT2D eigenvalue weighted by atomic mass is 32.2. The second-order valence-corrected chi connectivity index (χ2v) is 11.8. The molecule has 1 saturated heterocycles. The van der Waals surface area contributed by atoms with Gasteiger partial charge in [0.1, 0.15) is 23.5 Å². The normalized spacial score (nSPS) is 22.7. The lowest BCUT2D eigenvalue weighted by molar-refractivity contribution is -0.143. The summed E-state index contributed by atoms with van der Waals surface area (Å²) in [6, 6.07) is 4.64. The SMILES string of the molecule is CC(C)C[C@H](NC(=O)[C@@H]1N2C(=O)c3ccccc3[C@@H]2SC1(C)C)C(=O)N[C@H](C(=O)O)C(C)C. The number of nitrogens with one attached hydrogen (secondary N) is 2. The number of hydrogen-bond donors (Lipinski definition) is 3. The molecule has 2 heterocycles. The van der Waals surface area contributed by atoms with Crippen LogP contribution in [0.2, 0.25) is 0 Å². The van der Waals surface area contributed by atoms with Gasteiger partial charge in [0.15, 0.2) is 0 Å². The molecule has 0 bridgehead atoms. The summed E-state index contributed by atoms with van der Waals surface area (Å²) in [5, 5.41) is 14.6. The minimum Gasteiger partial charge on any atom is -0.480 e. The van der Waals surface area contributed by atoms with E-state index in [1.54, 1.807) is 42.6 Å². The van der Waals surface area contributed by atoms with E-state index < -0.39 is 40.7 Å². The fourth-order valence-electron chi connectivity index (χ4n) is 4.53. The van der Waals surface area contributed by atoms with Crippen molar-refractivity contribution in [3.63, 3.8) is 0 Å². The van der Waals surface area contributed by atoms with Gasteiger partial charge in [-0.15, -0.1) is 11.8 Å². The molecule has 0 aliphatic carbocycles. The number of aliphatic carboxylic acids is 1. The Morgan fingerprint density at radius 3 is 2.33 bits per heavy atom. The number of amides is 3. The van der Waals surface area contributed by atoms with Crippen LogP contribution in [0.3, 0.4) is 0 Å². The molecule has 1 aromatic carbocycles. The molecule has 3 rings (SSSR count). The molecule has 0 aromatic heterocycles. The molecule has 3 N–H and O–H groups in total. The smallest absolute Gasteiger partial charge is 0.326 e. The zero-order chi connectivity index (χ0) is 24.7. The third kappa shape index (κ3) is 4.88. The van der Waals surface area contributed by atoms with E-state index in [2.05, 4.69) is 10.6 Å². The molecule has 0 radical (unpaired) electrons. The van der Waals surface area contributed by atoms with Crippen LogP contribution in [0.15, 0.2) is 24.3 Å². The van der Waals surface area contributed by atoms with Gasteiger partial charge in [-0.25, -0.2) is 4.79 Å². The van der Waals surface area contributed by atoms with Gasteiger partial charge in [-0.3, -0.25) is 14.4 Å². The van der Waals surface area contributed by atoms with Gasteiger partial charge >= 0.3 is 5.97 Å². The topological polar surface area (TPSA) is 116 Å². The number of benzene rings is 1. The molecule has 3 amide bonds. The fourth-order valence-corrected chi connectivity index (χ4v) is 6.11. The standard InChI is InChI=1S/C24H33N3O5S/c1-12(2)11-16(19(28)26-17(13(3)4)23(31)32)25-20(29)18-24(5,6)33-22-15-10-8-7-9-14(15)21(30)27(18)22/h7-10,12-13,16-18,22H,11H2,1-6H3,(H,25,29)(H,26,28)(H,31,32)/t16-,17-,18-,22-/m0/s1. The minimum atomic E-state index is -1.12. The first kappa shape index (κ1) is 25.1. The van der Waals surface area contributed by atoms with E-state index in [1.807, 2.05) is 39.8 Å². The van der Waals surface area contributed by atoms with Gasteiger partial charge in [0.25, 0.3) is 5.91 Å². The zero-order valence-electron chi connectivity index (χ0n) is 19.9. The second kappa shape index (κ2) is 9.37. The molecular weight excluding hydrogens is 442 g/mol. The van der Waals surface area contributed by atoms with E-state index in [0.29, 0.717) is 12.0 Å². The highest BCUT2D eigenvalue weighted by molar-refractivity contribution is 8.01. The lowest BCUT2D eigenvalue weighted by Crippen LogP contribution is -2.58. The first-order chi connectivity index (χ1) is 15.3. The summed E-state index contributed by atoms with van der Waals surface area (Å²) in [7, 11) is 0. The van der Waals surface area contributed by atoms with Crippen LogP contribution in [0.1, 0.15) is 69.3 Å². The quantitative estimate of drug-likeness (QED) is 0.533. The summed E-state index contributed by atoms with van der Waals surface area (Å²) in [5.74, 6) is -2.48. The first-order valence-corrected chi connectivity index (χ1v) is 12.2. The molecule has 180 valence electrons. The molecule has 8 nitrogen and oxygen atoms in total. The van der Waals surface area contributed by atoms with E-state index in [1.165, 1.54) is 0 Å². The third-order valence-electron chi connectivity index (χ3n) is 6.12. The Morgan fingerprint density at radius 2 is 1.76 bits per heavy atom. The number of fused-ring (bicyclic) bond motifs is 3. The maximum absolute atomic E-state index is 13.5. The van der Waals surface area contributed by atoms with Crippen LogP contribution in [0.25, 0.3) is 0 Å². The number of carboxylic acids is 1. The average molecular weight is 476 g/mol. The van der Waals surface area contributed by atoms with Crippen molar-refractivity contribution in [1.29, 1.82) is 0 Å². The van der Waals surface area contributed by atoms with Crippen LogP contribution in [-0.2, 0) is 14.4 Å². The van der Waals surface area contributed by atoms with Crippen molar-refractivity contribution in [3.05, 3.63) is 35.4 Å². The number of hydrogen-bond acceptors (Lipinski definition) is 5. The molecule has 1 aromatic rings. The van der Waals surface area contributed by atoms with Gasteiger partial charge in [-0.2, -0.15) is 0 Å². The summed E-state index contributed by atoms with van der Waals surface area (Å²) >= 11 is 1.56. The number of carboxylic acid groups (broad SMARTS) is 1. The van der Waals surface area contributed by atoms with Crippen molar-refractivity contribution in [2.24, 2.45) is 11.8 Å². The molecule has 0 spiro atoms. The van der Waals surface area contributed by atoms with E-state index in [4.69, 9.17) is 0 Å². The van der Waals surface area contributed by atoms with Crippen molar-refractivity contribution in [3.8, 4) is 0 Å². The molecule has 0 unspecified atom stereocenters. The van der Waals surface area contributed by atoms with Crippen molar-refractivity contribution in [2.45, 2.75) is 76.2 Å². The Bertz CT molecular complexity index is 961. The van der Waals surface area contributed by atoms with Gasteiger partial charge < -0.3 is 20.6 Å². The van der Waals surface area contributed by atoms with Gasteiger partial charge in [0.2, 0.25) is 11.8 Å². The maximum Gasteiger partial charge on any atom is 0.326 e. The summed E-state index contributed by atoms with van der Waals surface area (Å²) in [6.45, 7) is 11.1. The number of rotatable bonds is 8. The highest BCUT2D eigenvalue weighted by Gasteiger charge is 2.57. The van der Waals surface area contributed by atoms with Gasteiger partial charge in [0, 0.05) is 10.3 Å². The Morgan fingerprint density at radius 1 is 1.12 bits per heavy atom. The molecule has 2 aliphatic heterocycles.